The van der Waals surface area contributed by atoms with E-state index in [1.54, 1.807) is 11.3 Å². The fourth-order valence-electron chi connectivity index (χ4n) is 2.74. The van der Waals surface area contributed by atoms with Gasteiger partial charge in [-0.1, -0.05) is 13.8 Å². The van der Waals surface area contributed by atoms with E-state index in [-0.39, 0.29) is 5.91 Å². The van der Waals surface area contributed by atoms with E-state index in [0.29, 0.717) is 16.5 Å². The van der Waals surface area contributed by atoms with E-state index >= 15 is 0 Å². The number of nitrogens with zero attached hydrogens (tertiary/aromatic N) is 1. The van der Waals surface area contributed by atoms with Gasteiger partial charge in [0.05, 0.1) is 11.1 Å². The molecule has 2 N–H and O–H groups in total. The Morgan fingerprint density at radius 2 is 2.24 bits per heavy atom. The number of nitrogens with one attached hydrogen (secondary N) is 2. The zero-order chi connectivity index (χ0) is 15.6. The average molecular weight is 305 g/mol. The van der Waals surface area contributed by atoms with Gasteiger partial charge in [0.1, 0.15) is 11.1 Å². The van der Waals surface area contributed by atoms with Crippen LogP contribution in [0.1, 0.15) is 50.1 Å². The molecule has 21 heavy (non-hydrogen) atoms. The number of fused-ring (bicyclic) bond motifs is 1. The Hall–Kier alpha value is -1.38. The monoisotopic (exact) mass is 305 g/mol. The lowest BCUT2D eigenvalue weighted by Gasteiger charge is -2.24. The largest absolute Gasteiger partial charge is 0.315 e. The highest BCUT2D eigenvalue weighted by Crippen LogP contribution is 2.39. The Balaban J connectivity index is 2.25. The number of anilines is 1. The summed E-state index contributed by atoms with van der Waals surface area (Å²) in [6.07, 6.45) is 3.08. The van der Waals surface area contributed by atoms with Crippen molar-refractivity contribution in [3.05, 3.63) is 16.0 Å². The van der Waals surface area contributed by atoms with Crippen molar-refractivity contribution < 1.29 is 4.79 Å². The van der Waals surface area contributed by atoms with Gasteiger partial charge in [-0.15, -0.1) is 11.3 Å². The molecule has 0 fully saturated rings. The SMILES string of the molecule is CCNC(C)(C)C(=O)Nc1sc2c(c1C#N)CCC(C)C2. The molecule has 1 aromatic rings. The Kier molecular flexibility index (Phi) is 4.70. The van der Waals surface area contributed by atoms with Gasteiger partial charge in [-0.25, -0.2) is 0 Å². The van der Waals surface area contributed by atoms with Gasteiger partial charge in [0.15, 0.2) is 0 Å². The summed E-state index contributed by atoms with van der Waals surface area (Å²) >= 11 is 1.57. The number of hydrogen-bond donors (Lipinski definition) is 2. The number of thiophene rings is 1. The van der Waals surface area contributed by atoms with Crippen molar-refractivity contribution >= 4 is 22.2 Å². The first-order chi connectivity index (χ1) is 9.89. The highest BCUT2D eigenvalue weighted by atomic mass is 32.1. The maximum Gasteiger partial charge on any atom is 0.244 e. The molecule has 1 unspecified atom stereocenters. The van der Waals surface area contributed by atoms with Crippen LogP contribution < -0.4 is 10.6 Å². The summed E-state index contributed by atoms with van der Waals surface area (Å²) in [5, 5.41) is 16.3. The van der Waals surface area contributed by atoms with Crippen molar-refractivity contribution in [2.24, 2.45) is 5.92 Å². The molecule has 1 aliphatic carbocycles. The fourth-order valence-corrected chi connectivity index (χ4v) is 4.09. The fraction of sp³-hybridized carbons (Fsp3) is 0.625. The molecule has 5 heteroatoms. The lowest BCUT2D eigenvalue weighted by atomic mass is 9.88. The second-order valence-corrected chi connectivity index (χ2v) is 7.38. The molecule has 1 aromatic heterocycles. The smallest absolute Gasteiger partial charge is 0.244 e. The van der Waals surface area contributed by atoms with Crippen LogP contribution in [0, 0.1) is 17.2 Å². The topological polar surface area (TPSA) is 64.9 Å². The van der Waals surface area contributed by atoms with Gasteiger partial charge in [-0.3, -0.25) is 4.79 Å². The van der Waals surface area contributed by atoms with Crippen molar-refractivity contribution in [1.29, 1.82) is 5.26 Å². The van der Waals surface area contributed by atoms with Crippen LogP contribution in [0.2, 0.25) is 0 Å². The summed E-state index contributed by atoms with van der Waals surface area (Å²) in [4.78, 5) is 13.7. The highest BCUT2D eigenvalue weighted by Gasteiger charge is 2.29. The third-order valence-electron chi connectivity index (χ3n) is 4.04. The maximum atomic E-state index is 12.4. The minimum Gasteiger partial charge on any atom is -0.315 e. The lowest BCUT2D eigenvalue weighted by Crippen LogP contribution is -2.49. The number of rotatable bonds is 4. The third-order valence-corrected chi connectivity index (χ3v) is 5.21. The number of likely N-dealkylation sites (N-methyl/N-ethyl adjacent to an activating group) is 1. The van der Waals surface area contributed by atoms with Crippen LogP contribution >= 0.6 is 11.3 Å². The van der Waals surface area contributed by atoms with Crippen molar-refractivity contribution in [3.63, 3.8) is 0 Å². The lowest BCUT2D eigenvalue weighted by molar-refractivity contribution is -0.121. The summed E-state index contributed by atoms with van der Waals surface area (Å²) in [5.74, 6) is 0.567. The first-order valence-corrected chi connectivity index (χ1v) is 8.31. The van der Waals surface area contributed by atoms with E-state index in [1.807, 2.05) is 20.8 Å². The molecular formula is C16H23N3OS. The van der Waals surface area contributed by atoms with Gasteiger partial charge >= 0.3 is 0 Å². The van der Waals surface area contributed by atoms with Crippen LogP contribution in [0.25, 0.3) is 0 Å². The minimum atomic E-state index is -0.640. The van der Waals surface area contributed by atoms with E-state index in [1.165, 1.54) is 4.88 Å². The zero-order valence-electron chi connectivity index (χ0n) is 13.2. The molecule has 0 radical (unpaired) electrons. The second-order valence-electron chi connectivity index (χ2n) is 6.28. The first-order valence-electron chi connectivity index (χ1n) is 7.50. The molecule has 2 rings (SSSR count). The number of nitriles is 1. The van der Waals surface area contributed by atoms with Crippen LogP contribution in [-0.2, 0) is 17.6 Å². The summed E-state index contributed by atoms with van der Waals surface area (Å²) in [6, 6.07) is 2.28. The molecule has 0 saturated heterocycles. The van der Waals surface area contributed by atoms with Crippen LogP contribution in [-0.4, -0.2) is 18.0 Å². The quantitative estimate of drug-likeness (QED) is 0.898. The van der Waals surface area contributed by atoms with E-state index in [4.69, 9.17) is 0 Å². The van der Waals surface area contributed by atoms with E-state index in [0.717, 1.165) is 31.4 Å². The normalized spacial score (nSPS) is 18.0. The first kappa shape index (κ1) is 16.0. The van der Waals surface area contributed by atoms with Crippen molar-refractivity contribution in [1.82, 2.24) is 5.32 Å². The van der Waals surface area contributed by atoms with Crippen LogP contribution in [0.5, 0.6) is 0 Å². The number of carbonyl (C=O) groups is 1. The van der Waals surface area contributed by atoms with E-state index in [9.17, 15) is 10.1 Å². The van der Waals surface area contributed by atoms with Gasteiger partial charge in [0, 0.05) is 4.88 Å². The Morgan fingerprint density at radius 3 is 2.86 bits per heavy atom. The second kappa shape index (κ2) is 6.17. The molecular weight excluding hydrogens is 282 g/mol. The van der Waals surface area contributed by atoms with E-state index in [2.05, 4.69) is 23.6 Å². The molecule has 0 aromatic carbocycles. The Morgan fingerprint density at radius 1 is 1.52 bits per heavy atom. The minimum absolute atomic E-state index is 0.0903. The molecule has 1 amide bonds. The Bertz CT molecular complexity index is 583. The molecule has 114 valence electrons. The molecule has 1 atom stereocenters. The summed E-state index contributed by atoms with van der Waals surface area (Å²) in [6.45, 7) is 8.65. The average Bonchev–Trinajstić information content (AvgIpc) is 2.74. The predicted molar refractivity (Wildman–Crippen MR) is 86.6 cm³/mol. The number of carbonyl (C=O) groups excluding carboxylic acids is 1. The standard InChI is InChI=1S/C16H23N3OS/c1-5-18-16(3,4)15(20)19-14-12(9-17)11-7-6-10(2)8-13(11)21-14/h10,18H,5-8H2,1-4H3,(H,19,20). The van der Waals surface area contributed by atoms with Gasteiger partial charge in [0.25, 0.3) is 0 Å². The molecule has 1 aliphatic rings. The molecule has 1 heterocycles. The maximum absolute atomic E-state index is 12.4. The summed E-state index contributed by atoms with van der Waals surface area (Å²) in [5.41, 5.74) is 1.18. The summed E-state index contributed by atoms with van der Waals surface area (Å²) in [7, 11) is 0. The number of amides is 1. The zero-order valence-corrected chi connectivity index (χ0v) is 14.0. The van der Waals surface area contributed by atoms with Crippen molar-refractivity contribution in [2.75, 3.05) is 11.9 Å². The predicted octanol–water partition coefficient (Wildman–Crippen LogP) is 3.07. The molecule has 0 spiro atoms. The van der Waals surface area contributed by atoms with Crippen LogP contribution in [0.4, 0.5) is 5.00 Å². The van der Waals surface area contributed by atoms with Gasteiger partial charge in [-0.05, 0) is 51.1 Å². The van der Waals surface area contributed by atoms with Crippen LogP contribution in [0.3, 0.4) is 0 Å². The number of hydrogen-bond acceptors (Lipinski definition) is 4. The van der Waals surface area contributed by atoms with Gasteiger partial charge in [0.2, 0.25) is 5.91 Å². The van der Waals surface area contributed by atoms with Gasteiger partial charge < -0.3 is 10.6 Å². The van der Waals surface area contributed by atoms with Crippen molar-refractivity contribution in [3.8, 4) is 6.07 Å². The molecule has 4 nitrogen and oxygen atoms in total. The molecule has 0 saturated carbocycles. The van der Waals surface area contributed by atoms with Gasteiger partial charge in [-0.2, -0.15) is 5.26 Å². The van der Waals surface area contributed by atoms with E-state index < -0.39 is 5.54 Å². The highest BCUT2D eigenvalue weighted by molar-refractivity contribution is 7.16. The molecule has 0 aliphatic heterocycles. The third kappa shape index (κ3) is 3.28. The van der Waals surface area contributed by atoms with Crippen molar-refractivity contribution in [2.45, 2.75) is 52.5 Å². The summed E-state index contributed by atoms with van der Waals surface area (Å²) < 4.78 is 0. The molecule has 0 bridgehead atoms. The van der Waals surface area contributed by atoms with Crippen LogP contribution in [0.15, 0.2) is 0 Å². The Labute approximate surface area is 130 Å².